The second-order valence-corrected chi connectivity index (χ2v) is 8.40. The normalized spacial score (nSPS) is 18.1. The summed E-state index contributed by atoms with van der Waals surface area (Å²) in [7, 11) is 0. The topological polar surface area (TPSA) is 85.9 Å². The summed E-state index contributed by atoms with van der Waals surface area (Å²) in [4.78, 5) is 17.1. The summed E-state index contributed by atoms with van der Waals surface area (Å²) in [6, 6.07) is 15.5. The largest absolute Gasteiger partial charge is 0.493 e. The first-order valence-corrected chi connectivity index (χ1v) is 11.6. The lowest BCUT2D eigenvalue weighted by Gasteiger charge is -2.14. The molecule has 6 heteroatoms. The Morgan fingerprint density at radius 2 is 2.06 bits per heavy atom. The Morgan fingerprint density at radius 1 is 1.21 bits per heavy atom. The number of anilines is 1. The number of carbonyl (C=O) groups excluding carboxylic acids is 1. The highest BCUT2D eigenvalue weighted by Crippen LogP contribution is 2.28. The molecule has 0 aliphatic carbocycles. The van der Waals surface area contributed by atoms with Gasteiger partial charge in [0.1, 0.15) is 11.6 Å². The average molecular weight is 446 g/mol. The van der Waals surface area contributed by atoms with Gasteiger partial charge in [-0.2, -0.15) is 0 Å². The number of nitrogens with zero attached hydrogens (tertiary/aromatic N) is 1. The minimum absolute atomic E-state index is 0.368. The minimum atomic E-state index is -0.512. The predicted molar refractivity (Wildman–Crippen MR) is 132 cm³/mol. The molecule has 2 aliphatic rings. The van der Waals surface area contributed by atoms with Crippen molar-refractivity contribution >= 4 is 23.1 Å². The van der Waals surface area contributed by atoms with Gasteiger partial charge >= 0.3 is 0 Å². The first-order valence-electron chi connectivity index (χ1n) is 11.6. The van der Waals surface area contributed by atoms with Gasteiger partial charge in [0.05, 0.1) is 17.9 Å². The molecule has 0 radical (unpaired) electrons. The van der Waals surface area contributed by atoms with E-state index >= 15 is 0 Å². The van der Waals surface area contributed by atoms with E-state index in [-0.39, 0.29) is 0 Å². The standard InChI is InChI=1S/C27H31N3O3/c1-2-19-8-10-24(30-26(16-19)29-22-6-4-3-5-7-22)21-9-11-25(23(17-21)27(28)31)33-15-13-20-12-14-32-18-20/h3-11,17,20H,2,12-16,18H2,1H3,(H2,28,31)(H,29,30)/t20-/m0/s1. The van der Waals surface area contributed by atoms with Crippen molar-refractivity contribution in [1.29, 1.82) is 0 Å². The number of hydrogen-bond acceptors (Lipinski definition) is 5. The van der Waals surface area contributed by atoms with E-state index in [1.165, 1.54) is 5.57 Å². The molecule has 1 amide bonds. The fraction of sp³-hybridized carbons (Fsp3) is 0.333. The molecule has 33 heavy (non-hydrogen) atoms. The lowest BCUT2D eigenvalue weighted by atomic mass is 10.0. The van der Waals surface area contributed by atoms with Crippen molar-refractivity contribution in [2.75, 3.05) is 25.1 Å². The number of amides is 1. The third-order valence-corrected chi connectivity index (χ3v) is 5.99. The van der Waals surface area contributed by atoms with Crippen LogP contribution in [0.25, 0.3) is 5.70 Å². The average Bonchev–Trinajstić information content (AvgIpc) is 3.26. The first-order chi connectivity index (χ1) is 16.1. The Labute approximate surface area is 195 Å². The molecule has 1 fully saturated rings. The van der Waals surface area contributed by atoms with Gasteiger partial charge < -0.3 is 20.5 Å². The van der Waals surface area contributed by atoms with Crippen molar-refractivity contribution in [3.05, 3.63) is 77.4 Å². The van der Waals surface area contributed by atoms with Gasteiger partial charge in [0.2, 0.25) is 0 Å². The van der Waals surface area contributed by atoms with E-state index < -0.39 is 5.91 Å². The molecule has 2 aromatic rings. The van der Waals surface area contributed by atoms with Crippen LogP contribution in [0.2, 0.25) is 0 Å². The molecule has 4 rings (SSSR count). The van der Waals surface area contributed by atoms with Crippen molar-refractivity contribution in [3.8, 4) is 5.75 Å². The van der Waals surface area contributed by atoms with Crippen LogP contribution in [0, 0.1) is 5.92 Å². The predicted octanol–water partition coefficient (Wildman–Crippen LogP) is 5.18. The second-order valence-electron chi connectivity index (χ2n) is 8.40. The molecule has 6 nitrogen and oxygen atoms in total. The lowest BCUT2D eigenvalue weighted by Crippen LogP contribution is -2.15. The third kappa shape index (κ3) is 6.11. The van der Waals surface area contributed by atoms with E-state index in [0.717, 1.165) is 61.7 Å². The van der Waals surface area contributed by atoms with Gasteiger partial charge in [-0.25, -0.2) is 4.99 Å². The summed E-state index contributed by atoms with van der Waals surface area (Å²) in [5.41, 5.74) is 9.92. The van der Waals surface area contributed by atoms with E-state index in [4.69, 9.17) is 20.2 Å². The highest BCUT2D eigenvalue weighted by Gasteiger charge is 2.18. The number of primary amides is 1. The molecular weight excluding hydrogens is 414 g/mol. The maximum absolute atomic E-state index is 12.2. The molecule has 2 aliphatic heterocycles. The van der Waals surface area contributed by atoms with Gasteiger partial charge in [0.25, 0.3) is 5.91 Å². The third-order valence-electron chi connectivity index (χ3n) is 5.99. The van der Waals surface area contributed by atoms with Crippen LogP contribution in [0.5, 0.6) is 5.75 Å². The zero-order chi connectivity index (χ0) is 23.0. The fourth-order valence-electron chi connectivity index (χ4n) is 4.01. The Morgan fingerprint density at radius 3 is 2.79 bits per heavy atom. The SMILES string of the molecule is CCC1=CC=C(c2ccc(OCC[C@@H]3CCOC3)c(C(N)=O)c2)N=C(Nc2ccccc2)C1. The number of amidine groups is 1. The number of benzene rings is 2. The number of para-hydroxylation sites is 1. The molecule has 172 valence electrons. The zero-order valence-corrected chi connectivity index (χ0v) is 19.0. The first kappa shape index (κ1) is 22.8. The van der Waals surface area contributed by atoms with Crippen LogP contribution in [0.15, 0.2) is 71.2 Å². The molecule has 0 aromatic heterocycles. The number of nitrogens with one attached hydrogen (secondary N) is 1. The number of aliphatic imine (C=N–C) groups is 1. The Kier molecular flexibility index (Phi) is 7.58. The summed E-state index contributed by atoms with van der Waals surface area (Å²) in [5.74, 6) is 1.37. The highest BCUT2D eigenvalue weighted by molar-refractivity contribution is 6.01. The van der Waals surface area contributed by atoms with E-state index in [9.17, 15) is 4.79 Å². The van der Waals surface area contributed by atoms with Gasteiger partial charge in [0, 0.05) is 30.9 Å². The lowest BCUT2D eigenvalue weighted by molar-refractivity contribution is 0.0996. The zero-order valence-electron chi connectivity index (χ0n) is 19.0. The van der Waals surface area contributed by atoms with Crippen LogP contribution in [-0.4, -0.2) is 31.6 Å². The number of allylic oxidation sites excluding steroid dienone is 2. The molecule has 0 bridgehead atoms. The van der Waals surface area contributed by atoms with Crippen molar-refractivity contribution in [3.63, 3.8) is 0 Å². The molecule has 1 saturated heterocycles. The summed E-state index contributed by atoms with van der Waals surface area (Å²) in [5, 5.41) is 3.43. The number of hydrogen-bond donors (Lipinski definition) is 2. The molecule has 0 spiro atoms. The van der Waals surface area contributed by atoms with Gasteiger partial charge in [0.15, 0.2) is 0 Å². The van der Waals surface area contributed by atoms with Crippen molar-refractivity contribution in [1.82, 2.24) is 0 Å². The van der Waals surface area contributed by atoms with Crippen molar-refractivity contribution < 1.29 is 14.3 Å². The smallest absolute Gasteiger partial charge is 0.252 e. The summed E-state index contributed by atoms with van der Waals surface area (Å²) >= 11 is 0. The van der Waals surface area contributed by atoms with Crippen LogP contribution in [0.3, 0.4) is 0 Å². The summed E-state index contributed by atoms with van der Waals surface area (Å²) in [6.45, 7) is 4.27. The van der Waals surface area contributed by atoms with Gasteiger partial charge in [-0.15, -0.1) is 0 Å². The molecule has 3 N–H and O–H groups in total. The monoisotopic (exact) mass is 445 g/mol. The molecular formula is C27H31N3O3. The number of rotatable bonds is 8. The maximum Gasteiger partial charge on any atom is 0.252 e. The minimum Gasteiger partial charge on any atom is -0.493 e. The van der Waals surface area contributed by atoms with Crippen LogP contribution in [0.4, 0.5) is 5.69 Å². The van der Waals surface area contributed by atoms with Gasteiger partial charge in [-0.05, 0) is 61.6 Å². The maximum atomic E-state index is 12.2. The van der Waals surface area contributed by atoms with Crippen LogP contribution >= 0.6 is 0 Å². The van der Waals surface area contributed by atoms with E-state index in [1.54, 1.807) is 6.07 Å². The van der Waals surface area contributed by atoms with Gasteiger partial charge in [-0.1, -0.05) is 36.8 Å². The van der Waals surface area contributed by atoms with E-state index in [0.29, 0.717) is 23.8 Å². The molecule has 2 heterocycles. The molecule has 0 unspecified atom stereocenters. The quantitative estimate of drug-likeness (QED) is 0.586. The Balaban J connectivity index is 1.56. The summed E-state index contributed by atoms with van der Waals surface area (Å²) < 4.78 is 11.3. The van der Waals surface area contributed by atoms with E-state index in [2.05, 4.69) is 18.3 Å². The van der Waals surface area contributed by atoms with E-state index in [1.807, 2.05) is 48.5 Å². The highest BCUT2D eigenvalue weighted by atomic mass is 16.5. The molecule has 0 saturated carbocycles. The number of carbonyl (C=O) groups is 1. The van der Waals surface area contributed by atoms with Crippen LogP contribution in [0.1, 0.15) is 48.5 Å². The molecule has 2 aromatic carbocycles. The number of nitrogens with two attached hydrogens (primary N) is 1. The van der Waals surface area contributed by atoms with Crippen LogP contribution in [-0.2, 0) is 4.74 Å². The van der Waals surface area contributed by atoms with Crippen molar-refractivity contribution in [2.24, 2.45) is 16.6 Å². The Hall–Kier alpha value is -3.38. The van der Waals surface area contributed by atoms with Crippen molar-refractivity contribution in [2.45, 2.75) is 32.6 Å². The molecule has 1 atom stereocenters. The second kappa shape index (κ2) is 11.0. The van der Waals surface area contributed by atoms with Gasteiger partial charge in [-0.3, -0.25) is 4.79 Å². The summed E-state index contributed by atoms with van der Waals surface area (Å²) in [6.07, 6.45) is 7.73. The fourth-order valence-corrected chi connectivity index (χ4v) is 4.01. The number of ether oxygens (including phenoxy) is 2. The Bertz CT molecular complexity index is 1070. The van der Waals surface area contributed by atoms with Crippen LogP contribution < -0.4 is 15.8 Å².